The van der Waals surface area contributed by atoms with Crippen molar-refractivity contribution >= 4 is 17.0 Å². The van der Waals surface area contributed by atoms with Gasteiger partial charge < -0.3 is 9.32 Å². The second kappa shape index (κ2) is 6.40. The molecule has 1 aromatic carbocycles. The van der Waals surface area contributed by atoms with Crippen LogP contribution in [-0.4, -0.2) is 38.4 Å². The maximum atomic E-state index is 13.0. The Labute approximate surface area is 150 Å². The lowest BCUT2D eigenvalue weighted by Gasteiger charge is -2.32. The van der Waals surface area contributed by atoms with Crippen molar-refractivity contribution in [3.05, 3.63) is 58.1 Å². The Bertz CT molecular complexity index is 1040. The molecule has 3 aromatic rings. The molecule has 0 aliphatic carbocycles. The Morgan fingerprint density at radius 3 is 2.96 bits per heavy atom. The maximum Gasteiger partial charge on any atom is 0.419 e. The number of benzene rings is 1. The number of hydrogen-bond donors (Lipinski definition) is 0. The summed E-state index contributed by atoms with van der Waals surface area (Å²) in [5.74, 6) is -0.270. The first-order valence-corrected chi connectivity index (χ1v) is 8.70. The summed E-state index contributed by atoms with van der Waals surface area (Å²) in [7, 11) is 1.63. The molecule has 1 aliphatic heterocycles. The minimum atomic E-state index is -0.430. The summed E-state index contributed by atoms with van der Waals surface area (Å²) >= 11 is 0. The number of carbonyl (C=O) groups is 1. The van der Waals surface area contributed by atoms with Crippen LogP contribution < -0.4 is 5.76 Å². The SMILES string of the molecule is Cc1cncc([C@@H]2CCCN(C(=O)c3ccc4oc(=O)n(C)c4c3)C2)n1. The van der Waals surface area contributed by atoms with E-state index in [4.69, 9.17) is 4.42 Å². The lowest BCUT2D eigenvalue weighted by atomic mass is 9.94. The van der Waals surface area contributed by atoms with Crippen LogP contribution in [0.25, 0.3) is 11.1 Å². The quantitative estimate of drug-likeness (QED) is 0.706. The van der Waals surface area contributed by atoms with Crippen molar-refractivity contribution in [2.75, 3.05) is 13.1 Å². The van der Waals surface area contributed by atoms with Gasteiger partial charge >= 0.3 is 5.76 Å². The summed E-state index contributed by atoms with van der Waals surface area (Å²) in [4.78, 5) is 35.3. The normalized spacial score (nSPS) is 17.6. The van der Waals surface area contributed by atoms with E-state index in [0.717, 1.165) is 30.8 Å². The van der Waals surface area contributed by atoms with Crippen LogP contribution in [0.2, 0.25) is 0 Å². The Kier molecular flexibility index (Phi) is 4.06. The minimum absolute atomic E-state index is 0.0362. The maximum absolute atomic E-state index is 13.0. The van der Waals surface area contributed by atoms with Gasteiger partial charge in [0.2, 0.25) is 0 Å². The van der Waals surface area contributed by atoms with Crippen molar-refractivity contribution in [2.24, 2.45) is 7.05 Å². The predicted molar refractivity (Wildman–Crippen MR) is 96.1 cm³/mol. The van der Waals surface area contributed by atoms with Crippen molar-refractivity contribution in [2.45, 2.75) is 25.7 Å². The highest BCUT2D eigenvalue weighted by molar-refractivity contribution is 5.97. The van der Waals surface area contributed by atoms with E-state index in [9.17, 15) is 9.59 Å². The first kappa shape index (κ1) is 16.5. The largest absolute Gasteiger partial charge is 0.419 e. The summed E-state index contributed by atoms with van der Waals surface area (Å²) in [6.07, 6.45) is 5.45. The molecule has 0 saturated carbocycles. The van der Waals surface area contributed by atoms with Gasteiger partial charge in [-0.15, -0.1) is 0 Å². The second-order valence-electron chi connectivity index (χ2n) is 6.79. The monoisotopic (exact) mass is 352 g/mol. The van der Waals surface area contributed by atoms with Crippen LogP contribution in [0.4, 0.5) is 0 Å². The molecule has 1 atom stereocenters. The molecule has 7 heteroatoms. The zero-order chi connectivity index (χ0) is 18.3. The van der Waals surface area contributed by atoms with Crippen LogP contribution >= 0.6 is 0 Å². The van der Waals surface area contributed by atoms with Crippen molar-refractivity contribution in [1.82, 2.24) is 19.4 Å². The Morgan fingerprint density at radius 2 is 2.15 bits per heavy atom. The number of amides is 1. The lowest BCUT2D eigenvalue weighted by molar-refractivity contribution is 0.0706. The molecular weight excluding hydrogens is 332 g/mol. The number of aryl methyl sites for hydroxylation is 2. The third kappa shape index (κ3) is 2.89. The Morgan fingerprint density at radius 1 is 1.31 bits per heavy atom. The summed E-state index contributed by atoms with van der Waals surface area (Å²) in [6, 6.07) is 5.11. The van der Waals surface area contributed by atoms with Gasteiger partial charge in [0.25, 0.3) is 5.91 Å². The average Bonchev–Trinajstić information content (AvgIpc) is 2.95. The van der Waals surface area contributed by atoms with Crippen LogP contribution in [0, 0.1) is 6.92 Å². The van der Waals surface area contributed by atoms with Gasteiger partial charge in [-0.1, -0.05) is 0 Å². The number of oxazole rings is 1. The number of rotatable bonds is 2. The number of carbonyl (C=O) groups excluding carboxylic acids is 1. The van der Waals surface area contributed by atoms with E-state index >= 15 is 0 Å². The summed E-state index contributed by atoms with van der Waals surface area (Å²) in [5.41, 5.74) is 3.50. The van der Waals surface area contributed by atoms with Crippen LogP contribution in [0.1, 0.15) is 40.5 Å². The first-order valence-electron chi connectivity index (χ1n) is 8.70. The zero-order valence-electron chi connectivity index (χ0n) is 14.8. The van der Waals surface area contributed by atoms with E-state index in [1.165, 1.54) is 4.57 Å². The van der Waals surface area contributed by atoms with Gasteiger partial charge in [-0.05, 0) is 38.0 Å². The van der Waals surface area contributed by atoms with Crippen molar-refractivity contribution in [3.8, 4) is 0 Å². The molecule has 0 spiro atoms. The number of nitrogens with zero attached hydrogens (tertiary/aromatic N) is 4. The fourth-order valence-electron chi connectivity index (χ4n) is 3.52. The second-order valence-corrected chi connectivity index (χ2v) is 6.79. The third-order valence-corrected chi connectivity index (χ3v) is 4.94. The molecule has 0 bridgehead atoms. The molecule has 0 N–H and O–H groups in total. The number of likely N-dealkylation sites (tertiary alicyclic amines) is 1. The van der Waals surface area contributed by atoms with Crippen LogP contribution in [0.15, 0.2) is 39.8 Å². The Hall–Kier alpha value is -2.96. The zero-order valence-corrected chi connectivity index (χ0v) is 14.8. The number of aromatic nitrogens is 3. The molecule has 0 unspecified atom stereocenters. The minimum Gasteiger partial charge on any atom is -0.408 e. The van der Waals surface area contributed by atoms with Gasteiger partial charge in [-0.3, -0.25) is 19.3 Å². The first-order chi connectivity index (χ1) is 12.5. The van der Waals surface area contributed by atoms with E-state index in [2.05, 4.69) is 9.97 Å². The van der Waals surface area contributed by atoms with Gasteiger partial charge in [0.05, 0.1) is 16.9 Å². The number of fused-ring (bicyclic) bond motifs is 1. The third-order valence-electron chi connectivity index (χ3n) is 4.94. The lowest BCUT2D eigenvalue weighted by Crippen LogP contribution is -2.39. The summed E-state index contributed by atoms with van der Waals surface area (Å²) in [5, 5.41) is 0. The average molecular weight is 352 g/mol. The van der Waals surface area contributed by atoms with Crippen molar-refractivity contribution in [3.63, 3.8) is 0 Å². The van der Waals surface area contributed by atoms with E-state index < -0.39 is 5.76 Å². The van der Waals surface area contributed by atoms with E-state index in [-0.39, 0.29) is 11.8 Å². The smallest absolute Gasteiger partial charge is 0.408 e. The molecular formula is C19H20N4O3. The molecule has 1 saturated heterocycles. The van der Waals surface area contributed by atoms with E-state index in [1.54, 1.807) is 37.6 Å². The predicted octanol–water partition coefficient (Wildman–Crippen LogP) is 2.25. The standard InChI is InChI=1S/C19H20N4O3/c1-12-9-20-10-15(21-12)14-4-3-7-23(11-14)18(24)13-5-6-17-16(8-13)22(2)19(25)26-17/h5-6,8-10,14H,3-4,7,11H2,1-2H3/t14-/m1/s1. The van der Waals surface area contributed by atoms with Crippen LogP contribution in [0.5, 0.6) is 0 Å². The molecule has 1 amide bonds. The molecule has 3 heterocycles. The van der Waals surface area contributed by atoms with Crippen molar-refractivity contribution in [1.29, 1.82) is 0 Å². The molecule has 0 radical (unpaired) electrons. The molecule has 2 aromatic heterocycles. The highest BCUT2D eigenvalue weighted by Crippen LogP contribution is 2.27. The van der Waals surface area contributed by atoms with Gasteiger partial charge in [0, 0.05) is 44.0 Å². The van der Waals surface area contributed by atoms with Gasteiger partial charge in [0.15, 0.2) is 5.58 Å². The van der Waals surface area contributed by atoms with E-state index in [0.29, 0.717) is 23.2 Å². The van der Waals surface area contributed by atoms with Gasteiger partial charge in [-0.2, -0.15) is 0 Å². The molecule has 26 heavy (non-hydrogen) atoms. The molecule has 7 nitrogen and oxygen atoms in total. The van der Waals surface area contributed by atoms with Gasteiger partial charge in [-0.25, -0.2) is 4.79 Å². The number of hydrogen-bond acceptors (Lipinski definition) is 5. The highest BCUT2D eigenvalue weighted by atomic mass is 16.4. The topological polar surface area (TPSA) is 81.2 Å². The molecule has 134 valence electrons. The van der Waals surface area contributed by atoms with E-state index in [1.807, 2.05) is 11.8 Å². The summed E-state index contributed by atoms with van der Waals surface area (Å²) < 4.78 is 6.54. The Balaban J connectivity index is 1.59. The highest BCUT2D eigenvalue weighted by Gasteiger charge is 2.27. The molecule has 1 fully saturated rings. The number of piperidine rings is 1. The molecule has 4 rings (SSSR count). The fraction of sp³-hybridized carbons (Fsp3) is 0.368. The molecule has 1 aliphatic rings. The van der Waals surface area contributed by atoms with Gasteiger partial charge in [0.1, 0.15) is 0 Å². The van der Waals surface area contributed by atoms with Crippen LogP contribution in [0.3, 0.4) is 0 Å². The van der Waals surface area contributed by atoms with Crippen molar-refractivity contribution < 1.29 is 9.21 Å². The summed E-state index contributed by atoms with van der Waals surface area (Å²) in [6.45, 7) is 3.27. The fourth-order valence-corrected chi connectivity index (χ4v) is 3.52. The van der Waals surface area contributed by atoms with Crippen LogP contribution in [-0.2, 0) is 7.05 Å².